The molecule has 14 heavy (non-hydrogen) atoms. The summed E-state index contributed by atoms with van der Waals surface area (Å²) in [5.74, 6) is 1.47. The molecule has 1 atom stereocenters. The van der Waals surface area contributed by atoms with E-state index in [1.54, 1.807) is 0 Å². The lowest BCUT2D eigenvalue weighted by Gasteiger charge is -2.27. The Morgan fingerprint density at radius 1 is 1.21 bits per heavy atom. The molecule has 1 aliphatic carbocycles. The molecule has 0 spiro atoms. The Kier molecular flexibility index (Phi) is 3.61. The molecule has 1 saturated carbocycles. The van der Waals surface area contributed by atoms with E-state index in [1.807, 2.05) is 6.20 Å². The zero-order valence-corrected chi connectivity index (χ0v) is 9.52. The molecule has 0 saturated heterocycles. The molecule has 2 rings (SSSR count). The molecule has 1 nitrogen and oxygen atoms in total. The molecule has 78 valence electrons. The van der Waals surface area contributed by atoms with E-state index in [-0.39, 0.29) is 0 Å². The van der Waals surface area contributed by atoms with Crippen LogP contribution in [0.4, 0.5) is 0 Å². The van der Waals surface area contributed by atoms with E-state index in [4.69, 9.17) is 0 Å². The minimum Gasteiger partial charge on any atom is -0.384 e. The molecule has 2 heteroatoms. The van der Waals surface area contributed by atoms with Crippen molar-refractivity contribution in [1.29, 1.82) is 0 Å². The monoisotopic (exact) mass is 209 g/mol. The van der Waals surface area contributed by atoms with Crippen molar-refractivity contribution >= 4 is 12.6 Å². The van der Waals surface area contributed by atoms with Crippen molar-refractivity contribution in [3.63, 3.8) is 0 Å². The first-order chi connectivity index (χ1) is 6.88. The van der Waals surface area contributed by atoms with Gasteiger partial charge in [0.1, 0.15) is 0 Å². The molecule has 1 heterocycles. The summed E-state index contributed by atoms with van der Waals surface area (Å²) in [6.45, 7) is 1.07. The summed E-state index contributed by atoms with van der Waals surface area (Å²) in [4.78, 5) is 1.16. The smallest absolute Gasteiger partial charge is 0.0406 e. The Hall–Kier alpha value is -0.330. The summed E-state index contributed by atoms with van der Waals surface area (Å²) < 4.78 is 0. The van der Waals surface area contributed by atoms with Crippen LogP contribution in [0.5, 0.6) is 0 Å². The quantitative estimate of drug-likeness (QED) is 0.384. The van der Waals surface area contributed by atoms with E-state index in [0.717, 1.165) is 17.4 Å². The van der Waals surface area contributed by atoms with Gasteiger partial charge in [0.15, 0.2) is 0 Å². The fourth-order valence-electron chi connectivity index (χ4n) is 2.62. The Morgan fingerprint density at radius 2 is 1.93 bits per heavy atom. The maximum atomic E-state index is 4.54. The van der Waals surface area contributed by atoms with Crippen LogP contribution < -0.4 is 5.32 Å². The third-order valence-electron chi connectivity index (χ3n) is 3.48. The summed E-state index contributed by atoms with van der Waals surface area (Å²) in [6, 6.07) is 0. The highest BCUT2D eigenvalue weighted by molar-refractivity contribution is 7.84. The maximum absolute atomic E-state index is 4.54. The van der Waals surface area contributed by atoms with Gasteiger partial charge in [0.2, 0.25) is 0 Å². The number of thiol groups is 1. The Morgan fingerprint density at radius 3 is 2.57 bits per heavy atom. The highest BCUT2D eigenvalue weighted by Crippen LogP contribution is 2.34. The Labute approximate surface area is 92.1 Å². The molecule has 1 unspecified atom stereocenters. The van der Waals surface area contributed by atoms with E-state index in [0.29, 0.717) is 5.92 Å². The van der Waals surface area contributed by atoms with Crippen molar-refractivity contribution in [2.24, 2.45) is 11.8 Å². The van der Waals surface area contributed by atoms with Crippen LogP contribution in [-0.4, -0.2) is 6.54 Å². The largest absolute Gasteiger partial charge is 0.384 e. The zero-order chi connectivity index (χ0) is 9.80. The summed E-state index contributed by atoms with van der Waals surface area (Å²) in [5, 5.41) is 3.28. The summed E-state index contributed by atoms with van der Waals surface area (Å²) >= 11 is 4.54. The number of nitrogens with one attached hydrogen (secondary N) is 1. The molecule has 0 aromatic rings. The van der Waals surface area contributed by atoms with Crippen LogP contribution in [0.2, 0.25) is 0 Å². The lowest BCUT2D eigenvalue weighted by Crippen LogP contribution is -2.27. The third kappa shape index (κ3) is 2.37. The summed E-state index contributed by atoms with van der Waals surface area (Å²) in [7, 11) is 0. The molecule has 2 aliphatic rings. The van der Waals surface area contributed by atoms with Gasteiger partial charge < -0.3 is 5.32 Å². The maximum Gasteiger partial charge on any atom is 0.0406 e. The average Bonchev–Trinajstić information content (AvgIpc) is 2.47. The Bertz CT molecular complexity index is 245. The van der Waals surface area contributed by atoms with Crippen molar-refractivity contribution in [3.05, 3.63) is 16.8 Å². The van der Waals surface area contributed by atoms with Crippen LogP contribution in [0.15, 0.2) is 16.8 Å². The summed E-state index contributed by atoms with van der Waals surface area (Å²) in [6.07, 6.45) is 10.3. The van der Waals surface area contributed by atoms with Crippen LogP contribution in [0, 0.1) is 11.8 Å². The predicted octanol–water partition coefficient (Wildman–Crippen LogP) is 3.10. The first-order valence-electron chi connectivity index (χ1n) is 5.75. The van der Waals surface area contributed by atoms with Gasteiger partial charge in [-0.25, -0.2) is 0 Å². The zero-order valence-electron chi connectivity index (χ0n) is 8.63. The molecule has 0 aromatic carbocycles. The molecule has 0 radical (unpaired) electrons. The van der Waals surface area contributed by atoms with Gasteiger partial charge in [-0.2, -0.15) is 0 Å². The second-order valence-electron chi connectivity index (χ2n) is 4.44. The predicted molar refractivity (Wildman–Crippen MR) is 63.3 cm³/mol. The molecule has 0 amide bonds. The van der Waals surface area contributed by atoms with E-state index in [9.17, 15) is 0 Å². The first-order valence-corrected chi connectivity index (χ1v) is 6.20. The van der Waals surface area contributed by atoms with Crippen LogP contribution in [0.1, 0.15) is 38.5 Å². The second kappa shape index (κ2) is 4.95. The van der Waals surface area contributed by atoms with Gasteiger partial charge in [0.05, 0.1) is 0 Å². The molecule has 1 fully saturated rings. The molecular weight excluding hydrogens is 190 g/mol. The van der Waals surface area contributed by atoms with Gasteiger partial charge in [0.25, 0.3) is 0 Å². The van der Waals surface area contributed by atoms with Crippen LogP contribution in [-0.2, 0) is 0 Å². The van der Waals surface area contributed by atoms with Crippen LogP contribution >= 0.6 is 12.6 Å². The van der Waals surface area contributed by atoms with E-state index >= 15 is 0 Å². The van der Waals surface area contributed by atoms with Gasteiger partial charge >= 0.3 is 0 Å². The average molecular weight is 209 g/mol. The molecule has 0 aromatic heterocycles. The van der Waals surface area contributed by atoms with Gasteiger partial charge in [-0.3, -0.25) is 0 Å². The van der Waals surface area contributed by atoms with Gasteiger partial charge in [-0.05, 0) is 18.8 Å². The molecule has 1 N–H and O–H groups in total. The number of hydrogen-bond donors (Lipinski definition) is 2. The molecular formula is C12H19NS. The number of hydrogen-bond acceptors (Lipinski definition) is 2. The lowest BCUT2D eigenvalue weighted by atomic mass is 9.85. The SMILES string of the molecule is SC1=C=CNCC1C1CCCCCC1. The van der Waals surface area contributed by atoms with E-state index < -0.39 is 0 Å². The summed E-state index contributed by atoms with van der Waals surface area (Å²) in [5.41, 5.74) is 3.19. The van der Waals surface area contributed by atoms with Gasteiger partial charge in [-0.15, -0.1) is 12.6 Å². The van der Waals surface area contributed by atoms with Crippen LogP contribution in [0.3, 0.4) is 0 Å². The van der Waals surface area contributed by atoms with E-state index in [1.165, 1.54) is 38.5 Å². The van der Waals surface area contributed by atoms with Crippen molar-refractivity contribution < 1.29 is 0 Å². The van der Waals surface area contributed by atoms with Crippen molar-refractivity contribution in [2.45, 2.75) is 38.5 Å². The first kappa shape index (κ1) is 10.2. The topological polar surface area (TPSA) is 12.0 Å². The second-order valence-corrected chi connectivity index (χ2v) is 4.92. The Balaban J connectivity index is 2.02. The minimum atomic E-state index is 0.626. The van der Waals surface area contributed by atoms with Crippen LogP contribution in [0.25, 0.3) is 0 Å². The van der Waals surface area contributed by atoms with Gasteiger partial charge in [0, 0.05) is 23.6 Å². The van der Waals surface area contributed by atoms with Gasteiger partial charge in [-0.1, -0.05) is 31.4 Å². The molecule has 0 bridgehead atoms. The fourth-order valence-corrected chi connectivity index (χ4v) is 2.98. The standard InChI is InChI=1S/C12H19NS/c14-12-7-8-13-9-11(12)10-5-3-1-2-4-6-10/h8,10-11,13-14H,1-6,9H2. The van der Waals surface area contributed by atoms with Crippen molar-refractivity contribution in [3.8, 4) is 0 Å². The fraction of sp³-hybridized carbons (Fsp3) is 0.750. The highest BCUT2D eigenvalue weighted by atomic mass is 32.1. The van der Waals surface area contributed by atoms with E-state index in [2.05, 4.69) is 23.7 Å². The number of rotatable bonds is 1. The molecule has 1 aliphatic heterocycles. The third-order valence-corrected chi connectivity index (χ3v) is 3.94. The normalized spacial score (nSPS) is 29.2. The lowest BCUT2D eigenvalue weighted by molar-refractivity contribution is 0.340. The van der Waals surface area contributed by atoms with Crippen molar-refractivity contribution in [1.82, 2.24) is 5.32 Å². The highest BCUT2D eigenvalue weighted by Gasteiger charge is 2.25. The minimum absolute atomic E-state index is 0.626. The van der Waals surface area contributed by atoms with Crippen molar-refractivity contribution in [2.75, 3.05) is 6.54 Å².